The minimum atomic E-state index is 0.128. The van der Waals surface area contributed by atoms with Crippen LogP contribution in [0.4, 0.5) is 0 Å². The minimum absolute atomic E-state index is 0.128. The molecule has 0 bridgehead atoms. The highest BCUT2D eigenvalue weighted by molar-refractivity contribution is 9.10. The maximum Gasteiger partial charge on any atom is 0.148 e. The second-order valence-corrected chi connectivity index (χ2v) is 7.90. The number of hydrogen-bond acceptors (Lipinski definition) is 4. The van der Waals surface area contributed by atoms with Crippen molar-refractivity contribution >= 4 is 38.9 Å². The lowest BCUT2D eigenvalue weighted by Crippen LogP contribution is -2.37. The normalized spacial score (nSPS) is 11.8. The van der Waals surface area contributed by atoms with E-state index in [9.17, 15) is 0 Å². The lowest BCUT2D eigenvalue weighted by Gasteiger charge is -2.19. The van der Waals surface area contributed by atoms with Crippen LogP contribution in [0.15, 0.2) is 22.7 Å². The molecule has 0 aliphatic carbocycles. The van der Waals surface area contributed by atoms with Crippen LogP contribution in [-0.2, 0) is 6.42 Å². The smallest absolute Gasteiger partial charge is 0.148 e. The lowest BCUT2D eigenvalue weighted by molar-refractivity contribution is 0.429. The van der Waals surface area contributed by atoms with Gasteiger partial charge in [-0.25, -0.2) is 0 Å². The zero-order valence-corrected chi connectivity index (χ0v) is 14.9. The van der Waals surface area contributed by atoms with E-state index >= 15 is 0 Å². The molecule has 2 aromatic rings. The molecular formula is C14H17BrClN3S. The van der Waals surface area contributed by atoms with Crippen molar-refractivity contribution in [2.75, 3.05) is 6.54 Å². The molecule has 3 nitrogen and oxygen atoms in total. The third-order valence-electron chi connectivity index (χ3n) is 2.62. The largest absolute Gasteiger partial charge is 0.312 e. The molecule has 0 atom stereocenters. The van der Waals surface area contributed by atoms with E-state index < -0.39 is 0 Å². The molecule has 0 aliphatic rings. The molecular weight excluding hydrogens is 358 g/mol. The molecule has 20 heavy (non-hydrogen) atoms. The molecule has 1 heterocycles. The van der Waals surface area contributed by atoms with Crippen molar-refractivity contribution in [1.82, 2.24) is 15.5 Å². The molecule has 0 saturated carbocycles. The molecule has 0 saturated heterocycles. The summed E-state index contributed by atoms with van der Waals surface area (Å²) >= 11 is 11.2. The van der Waals surface area contributed by atoms with Crippen LogP contribution < -0.4 is 5.32 Å². The Hall–Kier alpha value is -0.490. The zero-order chi connectivity index (χ0) is 14.8. The van der Waals surface area contributed by atoms with Gasteiger partial charge in [-0.15, -0.1) is 10.2 Å². The number of aromatic nitrogens is 2. The highest BCUT2D eigenvalue weighted by atomic mass is 79.9. The summed E-state index contributed by atoms with van der Waals surface area (Å²) in [6.45, 7) is 7.36. The van der Waals surface area contributed by atoms with E-state index in [2.05, 4.69) is 52.2 Å². The summed E-state index contributed by atoms with van der Waals surface area (Å²) in [6, 6.07) is 5.69. The van der Waals surface area contributed by atoms with Gasteiger partial charge in [-0.3, -0.25) is 0 Å². The van der Waals surface area contributed by atoms with Gasteiger partial charge in [0.15, 0.2) is 0 Å². The highest BCUT2D eigenvalue weighted by Crippen LogP contribution is 2.32. The van der Waals surface area contributed by atoms with Crippen LogP contribution in [0.25, 0.3) is 10.6 Å². The Bertz CT molecular complexity index is 592. The molecule has 0 unspecified atom stereocenters. The Morgan fingerprint density at radius 2 is 2.05 bits per heavy atom. The summed E-state index contributed by atoms with van der Waals surface area (Å²) < 4.78 is 0.984. The quantitative estimate of drug-likeness (QED) is 0.853. The average Bonchev–Trinajstić information content (AvgIpc) is 2.79. The molecule has 2 rings (SSSR count). The Balaban J connectivity index is 2.07. The Morgan fingerprint density at radius 1 is 1.30 bits per heavy atom. The fourth-order valence-corrected chi connectivity index (χ4v) is 3.28. The Kier molecular flexibility index (Phi) is 5.18. The molecule has 0 fully saturated rings. The standard InChI is InChI=1S/C14H17BrClN3S/c1-14(2,3)17-7-6-12-18-19-13(20-12)10-8-9(16)4-5-11(10)15/h4-5,8,17H,6-7H2,1-3H3. The van der Waals surface area contributed by atoms with E-state index in [4.69, 9.17) is 11.6 Å². The summed E-state index contributed by atoms with van der Waals surface area (Å²) in [5.41, 5.74) is 1.12. The summed E-state index contributed by atoms with van der Waals surface area (Å²) in [6.07, 6.45) is 0.882. The van der Waals surface area contributed by atoms with Gasteiger partial charge in [-0.05, 0) is 39.0 Å². The summed E-state index contributed by atoms with van der Waals surface area (Å²) in [4.78, 5) is 0. The maximum absolute atomic E-state index is 6.03. The number of halogens is 2. The van der Waals surface area contributed by atoms with Crippen molar-refractivity contribution in [1.29, 1.82) is 0 Å². The summed E-state index contributed by atoms with van der Waals surface area (Å²) in [5.74, 6) is 0. The van der Waals surface area contributed by atoms with Crippen LogP contribution in [0.5, 0.6) is 0 Å². The van der Waals surface area contributed by atoms with Crippen molar-refractivity contribution < 1.29 is 0 Å². The third-order valence-corrected chi connectivity index (χ3v) is 4.56. The predicted octanol–water partition coefficient (Wildman–Crippen LogP) is 4.55. The minimum Gasteiger partial charge on any atom is -0.312 e. The second kappa shape index (κ2) is 6.52. The Labute approximate surface area is 136 Å². The number of nitrogens with zero attached hydrogens (tertiary/aromatic N) is 2. The summed E-state index contributed by atoms with van der Waals surface area (Å²) in [5, 5.41) is 14.6. The second-order valence-electron chi connectivity index (χ2n) is 5.55. The van der Waals surface area contributed by atoms with Crippen molar-refractivity contribution in [2.24, 2.45) is 0 Å². The molecule has 0 spiro atoms. The fourth-order valence-electron chi connectivity index (χ4n) is 1.67. The van der Waals surface area contributed by atoms with Gasteiger partial charge in [0.25, 0.3) is 0 Å². The first-order chi connectivity index (χ1) is 9.35. The topological polar surface area (TPSA) is 37.8 Å². The lowest BCUT2D eigenvalue weighted by atomic mass is 10.1. The number of rotatable bonds is 4. The van der Waals surface area contributed by atoms with Crippen LogP contribution >= 0.6 is 38.9 Å². The van der Waals surface area contributed by atoms with E-state index in [1.54, 1.807) is 11.3 Å². The first kappa shape index (κ1) is 15.9. The van der Waals surface area contributed by atoms with Gasteiger partial charge < -0.3 is 5.32 Å². The van der Waals surface area contributed by atoms with E-state index in [0.717, 1.165) is 33.0 Å². The molecule has 0 aliphatic heterocycles. The van der Waals surface area contributed by atoms with Crippen molar-refractivity contribution in [3.63, 3.8) is 0 Å². The van der Waals surface area contributed by atoms with E-state index in [0.29, 0.717) is 5.02 Å². The molecule has 1 aromatic carbocycles. The molecule has 6 heteroatoms. The van der Waals surface area contributed by atoms with Crippen molar-refractivity contribution in [3.05, 3.63) is 32.7 Å². The summed E-state index contributed by atoms with van der Waals surface area (Å²) in [7, 11) is 0. The van der Waals surface area contributed by atoms with Crippen LogP contribution in [0.2, 0.25) is 5.02 Å². The van der Waals surface area contributed by atoms with Gasteiger partial charge in [0.05, 0.1) is 0 Å². The van der Waals surface area contributed by atoms with E-state index in [-0.39, 0.29) is 5.54 Å². The molecule has 108 valence electrons. The first-order valence-electron chi connectivity index (χ1n) is 6.38. The van der Waals surface area contributed by atoms with Gasteiger partial charge in [-0.2, -0.15) is 0 Å². The van der Waals surface area contributed by atoms with Crippen LogP contribution in [-0.4, -0.2) is 22.3 Å². The van der Waals surface area contributed by atoms with Crippen LogP contribution in [0.1, 0.15) is 25.8 Å². The monoisotopic (exact) mass is 373 g/mol. The van der Waals surface area contributed by atoms with Gasteiger partial charge in [0.1, 0.15) is 10.0 Å². The predicted molar refractivity (Wildman–Crippen MR) is 89.5 cm³/mol. The molecule has 0 amide bonds. The van der Waals surface area contributed by atoms with E-state index in [1.807, 2.05) is 18.2 Å². The van der Waals surface area contributed by atoms with Gasteiger partial charge >= 0.3 is 0 Å². The van der Waals surface area contributed by atoms with Gasteiger partial charge in [-0.1, -0.05) is 38.9 Å². The SMILES string of the molecule is CC(C)(C)NCCc1nnc(-c2cc(Cl)ccc2Br)s1. The van der Waals surface area contributed by atoms with Crippen molar-refractivity contribution in [3.8, 4) is 10.6 Å². The highest BCUT2D eigenvalue weighted by Gasteiger charge is 2.12. The zero-order valence-electron chi connectivity index (χ0n) is 11.7. The fraction of sp³-hybridized carbons (Fsp3) is 0.429. The first-order valence-corrected chi connectivity index (χ1v) is 8.37. The van der Waals surface area contributed by atoms with Gasteiger partial charge in [0.2, 0.25) is 0 Å². The average molecular weight is 375 g/mol. The number of hydrogen-bond donors (Lipinski definition) is 1. The van der Waals surface area contributed by atoms with Crippen molar-refractivity contribution in [2.45, 2.75) is 32.7 Å². The molecule has 0 radical (unpaired) electrons. The Morgan fingerprint density at radius 3 is 2.75 bits per heavy atom. The van der Waals surface area contributed by atoms with Crippen LogP contribution in [0, 0.1) is 0 Å². The molecule has 1 aromatic heterocycles. The van der Waals surface area contributed by atoms with Crippen LogP contribution in [0.3, 0.4) is 0 Å². The third kappa shape index (κ3) is 4.52. The maximum atomic E-state index is 6.03. The molecule has 1 N–H and O–H groups in total. The number of benzene rings is 1. The van der Waals surface area contributed by atoms with Gasteiger partial charge in [0, 0.05) is 33.6 Å². The number of nitrogens with one attached hydrogen (secondary N) is 1. The van der Waals surface area contributed by atoms with E-state index in [1.165, 1.54) is 0 Å².